The van der Waals surface area contributed by atoms with Crippen molar-refractivity contribution in [3.05, 3.63) is 30.0 Å². The predicted octanol–water partition coefficient (Wildman–Crippen LogP) is 0.738. The molecule has 4 heteroatoms. The Hall–Kier alpha value is -1.39. The van der Waals surface area contributed by atoms with E-state index in [9.17, 15) is 0 Å². The van der Waals surface area contributed by atoms with Gasteiger partial charge >= 0.3 is 0 Å². The highest BCUT2D eigenvalue weighted by atomic mass is 16.5. The highest BCUT2D eigenvalue weighted by molar-refractivity contribution is 5.82. The summed E-state index contributed by atoms with van der Waals surface area (Å²) in [5.74, 6) is 0. The van der Waals surface area contributed by atoms with Crippen LogP contribution >= 0.6 is 0 Å². The van der Waals surface area contributed by atoms with Crippen LogP contribution in [-0.2, 0) is 11.3 Å². The summed E-state index contributed by atoms with van der Waals surface area (Å²) < 4.78 is 7.88. The first kappa shape index (κ1) is 9.81. The number of quaternary nitrogens is 1. The van der Waals surface area contributed by atoms with E-state index in [4.69, 9.17) is 4.74 Å². The van der Waals surface area contributed by atoms with Gasteiger partial charge < -0.3 is 10.5 Å². The Morgan fingerprint density at radius 3 is 3.12 bits per heavy atom. The molecule has 0 bridgehead atoms. The molecule has 1 aromatic carbocycles. The molecule has 3 rings (SSSR count). The van der Waals surface area contributed by atoms with Crippen LogP contribution in [0, 0.1) is 0 Å². The summed E-state index contributed by atoms with van der Waals surface area (Å²) in [5, 5.41) is 5.79. The quantitative estimate of drug-likeness (QED) is 0.767. The van der Waals surface area contributed by atoms with Gasteiger partial charge in [0.25, 0.3) is 0 Å². The number of rotatable bonds is 1. The number of ether oxygens (including phenoxy) is 1. The fourth-order valence-electron chi connectivity index (χ4n) is 2.35. The minimum absolute atomic E-state index is 0.0705. The van der Waals surface area contributed by atoms with Crippen molar-refractivity contribution >= 4 is 10.9 Å². The number of benzene rings is 1. The Labute approximate surface area is 94.0 Å². The van der Waals surface area contributed by atoms with E-state index in [0.29, 0.717) is 0 Å². The summed E-state index contributed by atoms with van der Waals surface area (Å²) in [6, 6.07) is 8.46. The fourth-order valence-corrected chi connectivity index (χ4v) is 2.35. The van der Waals surface area contributed by atoms with Gasteiger partial charge in [0.1, 0.15) is 6.04 Å². The molecule has 0 aliphatic carbocycles. The number of hydrogen-bond donors (Lipinski definition) is 1. The lowest BCUT2D eigenvalue weighted by Gasteiger charge is -2.25. The van der Waals surface area contributed by atoms with Crippen LogP contribution in [0.25, 0.3) is 10.9 Å². The molecule has 0 saturated carbocycles. The third-order valence-electron chi connectivity index (χ3n) is 3.07. The van der Waals surface area contributed by atoms with E-state index >= 15 is 0 Å². The van der Waals surface area contributed by atoms with Crippen molar-refractivity contribution in [1.82, 2.24) is 9.78 Å². The number of nitrogens with zero attached hydrogens (tertiary/aromatic N) is 2. The first-order valence-electron chi connectivity index (χ1n) is 5.67. The molecule has 2 aromatic rings. The molecule has 1 aliphatic rings. The van der Waals surface area contributed by atoms with E-state index < -0.39 is 0 Å². The zero-order valence-corrected chi connectivity index (χ0v) is 9.39. The third-order valence-corrected chi connectivity index (χ3v) is 3.07. The first-order valence-corrected chi connectivity index (χ1v) is 5.67. The van der Waals surface area contributed by atoms with Crippen LogP contribution < -0.4 is 5.73 Å². The monoisotopic (exact) mass is 218 g/mol. The van der Waals surface area contributed by atoms with E-state index in [1.807, 2.05) is 18.2 Å². The Kier molecular flexibility index (Phi) is 2.19. The molecule has 16 heavy (non-hydrogen) atoms. The van der Waals surface area contributed by atoms with Crippen molar-refractivity contribution in [3.63, 3.8) is 0 Å². The van der Waals surface area contributed by atoms with Crippen LogP contribution in [0.4, 0.5) is 0 Å². The smallest absolute Gasteiger partial charge is 0.151 e. The van der Waals surface area contributed by atoms with Crippen molar-refractivity contribution < 1.29 is 10.5 Å². The van der Waals surface area contributed by atoms with E-state index in [1.54, 1.807) is 0 Å². The number of aromatic nitrogens is 2. The van der Waals surface area contributed by atoms with Gasteiger partial charge in [-0.15, -0.1) is 0 Å². The summed E-state index contributed by atoms with van der Waals surface area (Å²) in [4.78, 5) is 0. The van der Waals surface area contributed by atoms with Crippen LogP contribution in [0.1, 0.15) is 18.7 Å². The predicted molar refractivity (Wildman–Crippen MR) is 60.8 cm³/mol. The summed E-state index contributed by atoms with van der Waals surface area (Å²) in [7, 11) is 0. The second-order valence-corrected chi connectivity index (χ2v) is 4.39. The average Bonchev–Trinajstić information content (AvgIpc) is 2.66. The van der Waals surface area contributed by atoms with Gasteiger partial charge in [0.05, 0.1) is 24.4 Å². The second kappa shape index (κ2) is 3.57. The Morgan fingerprint density at radius 1 is 1.50 bits per heavy atom. The Bertz CT molecular complexity index is 518. The van der Waals surface area contributed by atoms with Crippen LogP contribution in [-0.4, -0.2) is 22.4 Å². The largest absolute Gasteiger partial charge is 0.364 e. The van der Waals surface area contributed by atoms with Gasteiger partial charge in [0.2, 0.25) is 0 Å². The fraction of sp³-hybridized carbons (Fsp3) is 0.417. The third kappa shape index (κ3) is 1.34. The molecule has 84 valence electrons. The van der Waals surface area contributed by atoms with Crippen LogP contribution in [0.2, 0.25) is 0 Å². The maximum Gasteiger partial charge on any atom is 0.151 e. The molecule has 0 fully saturated rings. The molecule has 0 unspecified atom stereocenters. The molecular weight excluding hydrogens is 202 g/mol. The number of fused-ring (bicyclic) bond motifs is 3. The van der Waals surface area contributed by atoms with Crippen molar-refractivity contribution in [2.75, 3.05) is 6.61 Å². The van der Waals surface area contributed by atoms with Crippen molar-refractivity contribution in [3.8, 4) is 0 Å². The van der Waals surface area contributed by atoms with Crippen molar-refractivity contribution in [1.29, 1.82) is 0 Å². The van der Waals surface area contributed by atoms with Crippen LogP contribution in [0.5, 0.6) is 0 Å². The Balaban J connectivity index is 2.24. The van der Waals surface area contributed by atoms with Crippen LogP contribution in [0.15, 0.2) is 24.3 Å². The summed E-state index contributed by atoms with van der Waals surface area (Å²) in [6.45, 7) is 3.65. The average molecular weight is 218 g/mol. The van der Waals surface area contributed by atoms with Gasteiger partial charge in [0.15, 0.2) is 6.10 Å². The Morgan fingerprint density at radius 2 is 2.31 bits per heavy atom. The number of hydrogen-bond acceptors (Lipinski definition) is 2. The van der Waals surface area contributed by atoms with Crippen molar-refractivity contribution in [2.24, 2.45) is 0 Å². The molecular formula is C12H16N3O+. The van der Waals surface area contributed by atoms with Gasteiger partial charge in [-0.05, 0) is 13.0 Å². The van der Waals surface area contributed by atoms with Crippen LogP contribution in [0.3, 0.4) is 0 Å². The maximum absolute atomic E-state index is 5.81. The molecule has 0 spiro atoms. The van der Waals surface area contributed by atoms with E-state index in [2.05, 4.69) is 28.5 Å². The molecule has 0 saturated heterocycles. The maximum atomic E-state index is 5.81. The lowest BCUT2D eigenvalue weighted by Crippen LogP contribution is -2.62. The second-order valence-electron chi connectivity index (χ2n) is 4.39. The molecule has 3 N–H and O–H groups in total. The van der Waals surface area contributed by atoms with E-state index in [1.165, 1.54) is 11.1 Å². The highest BCUT2D eigenvalue weighted by Gasteiger charge is 2.29. The molecule has 2 heterocycles. The molecule has 2 atom stereocenters. The van der Waals surface area contributed by atoms with Gasteiger partial charge in [-0.1, -0.05) is 18.2 Å². The standard InChI is InChI=1S/C12H15N3O/c1-8(13)12-11-9-4-2-3-5-10(9)14-15(11)6-7-16-12/h2-5,8,12H,6-7,13H2,1H3/p+1/t8-,12-/m1/s1. The SMILES string of the molecule is C[C@@H]([NH3+])[C@H]1OCCn2nc3ccccc3c21. The molecule has 0 radical (unpaired) electrons. The summed E-state index contributed by atoms with van der Waals surface area (Å²) >= 11 is 0. The molecule has 4 nitrogen and oxygen atoms in total. The zero-order chi connectivity index (χ0) is 11.1. The minimum Gasteiger partial charge on any atom is -0.364 e. The normalized spacial score (nSPS) is 22.0. The van der Waals surface area contributed by atoms with Gasteiger partial charge in [0, 0.05) is 5.39 Å². The van der Waals surface area contributed by atoms with Gasteiger partial charge in [-0.25, -0.2) is 0 Å². The lowest BCUT2D eigenvalue weighted by atomic mass is 10.1. The molecule has 1 aliphatic heterocycles. The molecule has 0 amide bonds. The van der Waals surface area contributed by atoms with E-state index in [0.717, 1.165) is 18.7 Å². The summed E-state index contributed by atoms with van der Waals surface area (Å²) in [5.41, 5.74) is 6.32. The van der Waals surface area contributed by atoms with E-state index in [-0.39, 0.29) is 12.1 Å². The van der Waals surface area contributed by atoms with Gasteiger partial charge in [-0.2, -0.15) is 5.10 Å². The molecule has 1 aromatic heterocycles. The first-order chi connectivity index (χ1) is 7.77. The van der Waals surface area contributed by atoms with Crippen molar-refractivity contribution in [2.45, 2.75) is 25.6 Å². The highest BCUT2D eigenvalue weighted by Crippen LogP contribution is 2.30. The minimum atomic E-state index is 0.0705. The summed E-state index contributed by atoms with van der Waals surface area (Å²) in [6.07, 6.45) is 0.0705. The zero-order valence-electron chi connectivity index (χ0n) is 9.39. The lowest BCUT2D eigenvalue weighted by molar-refractivity contribution is -0.437. The van der Waals surface area contributed by atoms with Gasteiger partial charge in [-0.3, -0.25) is 4.68 Å². The topological polar surface area (TPSA) is 54.7 Å².